The summed E-state index contributed by atoms with van der Waals surface area (Å²) < 4.78 is 1.80. The van der Waals surface area contributed by atoms with E-state index in [1.165, 1.54) is 12.8 Å². The Hall–Kier alpha value is -1.43. The van der Waals surface area contributed by atoms with Crippen LogP contribution in [-0.2, 0) is 19.4 Å². The largest absolute Gasteiger partial charge is 0.313 e. The van der Waals surface area contributed by atoms with Gasteiger partial charge in [-0.2, -0.15) is 5.10 Å². The summed E-state index contributed by atoms with van der Waals surface area (Å²) >= 11 is 0. The third-order valence-corrected chi connectivity index (χ3v) is 3.29. The quantitative estimate of drug-likeness (QED) is 0.591. The van der Waals surface area contributed by atoms with E-state index in [2.05, 4.69) is 10.4 Å². The Morgan fingerprint density at radius 3 is 2.67 bits per heavy atom. The molecule has 1 aliphatic carbocycles. The van der Waals surface area contributed by atoms with Gasteiger partial charge in [-0.1, -0.05) is 13.8 Å². The molecule has 2 rings (SSSR count). The van der Waals surface area contributed by atoms with Crippen LogP contribution in [0.4, 0.5) is 5.69 Å². The van der Waals surface area contributed by atoms with Gasteiger partial charge in [0, 0.05) is 12.6 Å². The summed E-state index contributed by atoms with van der Waals surface area (Å²) in [6.45, 7) is 5.38. The van der Waals surface area contributed by atoms with Crippen LogP contribution in [0.1, 0.15) is 38.1 Å². The molecule has 6 nitrogen and oxygen atoms in total. The minimum atomic E-state index is -0.296. The van der Waals surface area contributed by atoms with Crippen LogP contribution in [0.15, 0.2) is 0 Å². The highest BCUT2D eigenvalue weighted by Gasteiger charge is 2.25. The molecule has 18 heavy (non-hydrogen) atoms. The third-order valence-electron chi connectivity index (χ3n) is 3.29. The van der Waals surface area contributed by atoms with E-state index in [1.807, 2.05) is 13.8 Å². The number of nitrogens with one attached hydrogen (secondary N) is 1. The number of aromatic nitrogens is 2. The average Bonchev–Trinajstić information content (AvgIpc) is 3.08. The summed E-state index contributed by atoms with van der Waals surface area (Å²) in [5.74, 6) is 0. The first-order valence-electron chi connectivity index (χ1n) is 6.63. The molecule has 0 amide bonds. The number of nitrogens with zero attached hydrogens (tertiary/aromatic N) is 3. The van der Waals surface area contributed by atoms with Crippen LogP contribution < -0.4 is 5.32 Å². The number of nitro groups is 1. The number of hydrogen-bond donors (Lipinski definition) is 1. The maximum atomic E-state index is 11.1. The fourth-order valence-corrected chi connectivity index (χ4v) is 2.19. The first kappa shape index (κ1) is 13.0. The Morgan fingerprint density at radius 2 is 2.17 bits per heavy atom. The zero-order valence-electron chi connectivity index (χ0n) is 11.0. The predicted molar refractivity (Wildman–Crippen MR) is 68.7 cm³/mol. The van der Waals surface area contributed by atoms with E-state index in [1.54, 1.807) is 4.68 Å². The fourth-order valence-electron chi connectivity index (χ4n) is 2.19. The highest BCUT2D eigenvalue weighted by molar-refractivity contribution is 5.41. The lowest BCUT2D eigenvalue weighted by molar-refractivity contribution is -0.386. The summed E-state index contributed by atoms with van der Waals surface area (Å²) in [4.78, 5) is 10.8. The number of rotatable bonds is 7. The summed E-state index contributed by atoms with van der Waals surface area (Å²) in [6, 6.07) is 0.659. The van der Waals surface area contributed by atoms with Crippen molar-refractivity contribution in [3.8, 4) is 0 Å². The molecule has 1 aliphatic rings. The van der Waals surface area contributed by atoms with Crippen molar-refractivity contribution in [1.29, 1.82) is 0 Å². The van der Waals surface area contributed by atoms with Crippen molar-refractivity contribution in [2.45, 2.75) is 52.1 Å². The van der Waals surface area contributed by atoms with Gasteiger partial charge in [-0.05, 0) is 25.7 Å². The highest BCUT2D eigenvalue weighted by Crippen LogP contribution is 2.24. The molecule has 0 saturated heterocycles. The minimum Gasteiger partial charge on any atom is -0.312 e. The number of hydrogen-bond acceptors (Lipinski definition) is 4. The summed E-state index contributed by atoms with van der Waals surface area (Å²) in [6.07, 6.45) is 3.75. The normalized spacial score (nSPS) is 15.0. The summed E-state index contributed by atoms with van der Waals surface area (Å²) in [5, 5.41) is 18.9. The summed E-state index contributed by atoms with van der Waals surface area (Å²) in [5.41, 5.74) is 1.56. The van der Waals surface area contributed by atoms with E-state index in [-0.39, 0.29) is 10.6 Å². The third kappa shape index (κ3) is 2.69. The molecule has 1 saturated carbocycles. The van der Waals surface area contributed by atoms with Crippen LogP contribution in [0.2, 0.25) is 0 Å². The predicted octanol–water partition coefficient (Wildman–Crippen LogP) is 1.67. The van der Waals surface area contributed by atoms with Gasteiger partial charge in [0.25, 0.3) is 0 Å². The molecule has 0 aromatic carbocycles. The van der Waals surface area contributed by atoms with Crippen LogP contribution in [-0.4, -0.2) is 27.3 Å². The lowest BCUT2D eigenvalue weighted by Crippen LogP contribution is -2.23. The first-order chi connectivity index (χ1) is 8.67. The van der Waals surface area contributed by atoms with E-state index in [9.17, 15) is 10.1 Å². The van der Waals surface area contributed by atoms with Gasteiger partial charge in [-0.25, -0.2) is 0 Å². The Kier molecular flexibility index (Phi) is 3.96. The van der Waals surface area contributed by atoms with Crippen molar-refractivity contribution in [3.05, 3.63) is 21.5 Å². The molecule has 1 fully saturated rings. The molecular formula is C12H20N4O2. The molecule has 1 aromatic heterocycles. The van der Waals surface area contributed by atoms with E-state index in [0.29, 0.717) is 31.1 Å². The standard InChI is InChI=1S/C12H20N4O2/c1-3-10-12(16(17)18)11(4-2)15(14-10)8-7-13-9-5-6-9/h9,13H,3-8H2,1-2H3. The molecular weight excluding hydrogens is 232 g/mol. The van der Waals surface area contributed by atoms with Gasteiger partial charge in [0.1, 0.15) is 11.4 Å². The molecule has 0 spiro atoms. The molecule has 0 aliphatic heterocycles. The molecule has 0 bridgehead atoms. The molecule has 0 radical (unpaired) electrons. The van der Waals surface area contributed by atoms with Crippen molar-refractivity contribution in [2.75, 3.05) is 6.54 Å². The maximum Gasteiger partial charge on any atom is 0.313 e. The zero-order valence-corrected chi connectivity index (χ0v) is 11.0. The topological polar surface area (TPSA) is 73.0 Å². The molecule has 6 heteroatoms. The van der Waals surface area contributed by atoms with Crippen molar-refractivity contribution < 1.29 is 4.92 Å². The zero-order chi connectivity index (χ0) is 13.1. The molecule has 1 N–H and O–H groups in total. The van der Waals surface area contributed by atoms with Gasteiger partial charge in [-0.3, -0.25) is 14.8 Å². The van der Waals surface area contributed by atoms with Crippen molar-refractivity contribution in [2.24, 2.45) is 0 Å². The van der Waals surface area contributed by atoms with Gasteiger partial charge in [-0.15, -0.1) is 0 Å². The van der Waals surface area contributed by atoms with Gasteiger partial charge in [0.2, 0.25) is 0 Å². The Balaban J connectivity index is 2.14. The summed E-state index contributed by atoms with van der Waals surface area (Å²) in [7, 11) is 0. The minimum absolute atomic E-state index is 0.214. The second-order valence-corrected chi connectivity index (χ2v) is 4.66. The van der Waals surface area contributed by atoms with E-state index in [0.717, 1.165) is 12.2 Å². The molecule has 100 valence electrons. The van der Waals surface area contributed by atoms with E-state index in [4.69, 9.17) is 0 Å². The van der Waals surface area contributed by atoms with Gasteiger partial charge >= 0.3 is 5.69 Å². The van der Waals surface area contributed by atoms with Crippen LogP contribution in [0, 0.1) is 10.1 Å². The van der Waals surface area contributed by atoms with E-state index < -0.39 is 0 Å². The van der Waals surface area contributed by atoms with Crippen LogP contribution >= 0.6 is 0 Å². The van der Waals surface area contributed by atoms with E-state index >= 15 is 0 Å². The number of aryl methyl sites for hydroxylation is 1. The lowest BCUT2D eigenvalue weighted by atomic mass is 10.2. The van der Waals surface area contributed by atoms with Gasteiger partial charge in [0.05, 0.1) is 11.5 Å². The Labute approximate surface area is 107 Å². The Morgan fingerprint density at radius 1 is 1.44 bits per heavy atom. The molecule has 1 aromatic rings. The molecule has 0 atom stereocenters. The van der Waals surface area contributed by atoms with Crippen LogP contribution in [0.5, 0.6) is 0 Å². The fraction of sp³-hybridized carbons (Fsp3) is 0.750. The average molecular weight is 252 g/mol. The molecule has 0 unspecified atom stereocenters. The van der Waals surface area contributed by atoms with Gasteiger partial charge < -0.3 is 5.32 Å². The second kappa shape index (κ2) is 5.48. The Bertz CT molecular complexity index is 438. The first-order valence-corrected chi connectivity index (χ1v) is 6.63. The smallest absolute Gasteiger partial charge is 0.312 e. The maximum absolute atomic E-state index is 11.1. The molecule has 1 heterocycles. The van der Waals surface area contributed by atoms with Gasteiger partial charge in [0.15, 0.2) is 0 Å². The van der Waals surface area contributed by atoms with Crippen molar-refractivity contribution in [1.82, 2.24) is 15.1 Å². The van der Waals surface area contributed by atoms with Crippen molar-refractivity contribution in [3.63, 3.8) is 0 Å². The van der Waals surface area contributed by atoms with Crippen LogP contribution in [0.25, 0.3) is 0 Å². The SMILES string of the molecule is CCc1nn(CCNC2CC2)c(CC)c1[N+](=O)[O-]. The van der Waals surface area contributed by atoms with Crippen LogP contribution in [0.3, 0.4) is 0 Å². The monoisotopic (exact) mass is 252 g/mol. The lowest BCUT2D eigenvalue weighted by Gasteiger charge is -2.05. The second-order valence-electron chi connectivity index (χ2n) is 4.66. The van der Waals surface area contributed by atoms with Crippen molar-refractivity contribution >= 4 is 5.69 Å². The highest BCUT2D eigenvalue weighted by atomic mass is 16.6.